The van der Waals surface area contributed by atoms with Crippen molar-refractivity contribution in [3.63, 3.8) is 0 Å². The van der Waals surface area contributed by atoms with Gasteiger partial charge in [0, 0.05) is 0 Å². The molecule has 1 heterocycles. The molecule has 0 unspecified atom stereocenters. The second-order valence-electron chi connectivity index (χ2n) is 3.74. The molecule has 1 aromatic rings. The summed E-state index contributed by atoms with van der Waals surface area (Å²) in [6.07, 6.45) is 0. The molecule has 0 radical (unpaired) electrons. The van der Waals surface area contributed by atoms with Crippen LogP contribution in [0.2, 0.25) is 0 Å². The molecule has 1 aliphatic heterocycles. The van der Waals surface area contributed by atoms with E-state index in [2.05, 4.69) is 10.6 Å². The van der Waals surface area contributed by atoms with Gasteiger partial charge in [0.2, 0.25) is 5.91 Å². The van der Waals surface area contributed by atoms with Crippen molar-refractivity contribution in [3.8, 4) is 0 Å². The molecule has 0 saturated heterocycles. The number of fused-ring (bicyclic) bond motifs is 1. The minimum Gasteiger partial charge on any atom is -0.343 e. The van der Waals surface area contributed by atoms with Crippen molar-refractivity contribution in [2.75, 3.05) is 11.9 Å². The van der Waals surface area contributed by atoms with Crippen LogP contribution in [0.5, 0.6) is 0 Å². The Hall–Kier alpha value is -1.84. The fourth-order valence-corrected chi connectivity index (χ4v) is 1.81. The van der Waals surface area contributed by atoms with E-state index in [1.807, 2.05) is 26.0 Å². The lowest BCUT2D eigenvalue weighted by molar-refractivity contribution is -0.115. The highest BCUT2D eigenvalue weighted by atomic mass is 16.2. The van der Waals surface area contributed by atoms with E-state index < -0.39 is 0 Å². The number of aryl methyl sites for hydroxylation is 2. The molecule has 0 atom stereocenters. The zero-order valence-electron chi connectivity index (χ0n) is 8.68. The Labute approximate surface area is 87.7 Å². The number of benzene rings is 1. The van der Waals surface area contributed by atoms with E-state index in [-0.39, 0.29) is 18.4 Å². The third-order valence-corrected chi connectivity index (χ3v) is 2.39. The third-order valence-electron chi connectivity index (χ3n) is 2.39. The molecule has 78 valence electrons. The smallest absolute Gasteiger partial charge is 0.254 e. The summed E-state index contributed by atoms with van der Waals surface area (Å²) in [6, 6.07) is 3.74. The van der Waals surface area contributed by atoms with Gasteiger partial charge in [-0.25, -0.2) is 0 Å². The largest absolute Gasteiger partial charge is 0.343 e. The Bertz CT molecular complexity index is 452. The molecule has 1 aromatic carbocycles. The Kier molecular flexibility index (Phi) is 2.19. The predicted octanol–water partition coefficient (Wildman–Crippen LogP) is 0.985. The lowest BCUT2D eigenvalue weighted by Gasteiger charge is -2.09. The lowest BCUT2D eigenvalue weighted by atomic mass is 10.0. The number of carbonyl (C=O) groups excluding carboxylic acids is 2. The van der Waals surface area contributed by atoms with Gasteiger partial charge >= 0.3 is 0 Å². The van der Waals surface area contributed by atoms with Crippen LogP contribution in [0.4, 0.5) is 5.69 Å². The van der Waals surface area contributed by atoms with E-state index in [0.29, 0.717) is 11.3 Å². The van der Waals surface area contributed by atoms with E-state index >= 15 is 0 Å². The van der Waals surface area contributed by atoms with Crippen LogP contribution in [0.3, 0.4) is 0 Å². The Morgan fingerprint density at radius 3 is 2.67 bits per heavy atom. The van der Waals surface area contributed by atoms with Crippen molar-refractivity contribution >= 4 is 17.5 Å². The van der Waals surface area contributed by atoms with Gasteiger partial charge in [-0.15, -0.1) is 0 Å². The van der Waals surface area contributed by atoms with Gasteiger partial charge in [0.15, 0.2) is 0 Å². The van der Waals surface area contributed by atoms with Crippen LogP contribution in [0, 0.1) is 13.8 Å². The number of carbonyl (C=O) groups is 2. The van der Waals surface area contributed by atoms with Crippen molar-refractivity contribution in [2.24, 2.45) is 0 Å². The molecule has 2 rings (SSSR count). The molecule has 2 amide bonds. The molecule has 0 spiro atoms. The maximum absolute atomic E-state index is 11.7. The van der Waals surface area contributed by atoms with Gasteiger partial charge in [0.1, 0.15) is 0 Å². The molecule has 0 aromatic heterocycles. The summed E-state index contributed by atoms with van der Waals surface area (Å²) in [4.78, 5) is 23.0. The topological polar surface area (TPSA) is 58.2 Å². The van der Waals surface area contributed by atoms with Gasteiger partial charge in [-0.05, 0) is 31.0 Å². The second-order valence-corrected chi connectivity index (χ2v) is 3.74. The molecule has 0 fully saturated rings. The molecule has 2 N–H and O–H groups in total. The fraction of sp³-hybridized carbons (Fsp3) is 0.273. The summed E-state index contributed by atoms with van der Waals surface area (Å²) < 4.78 is 0. The van der Waals surface area contributed by atoms with Gasteiger partial charge in [0.25, 0.3) is 5.91 Å². The van der Waals surface area contributed by atoms with Crippen LogP contribution in [-0.4, -0.2) is 18.4 Å². The van der Waals surface area contributed by atoms with Gasteiger partial charge in [-0.2, -0.15) is 0 Å². The van der Waals surface area contributed by atoms with E-state index in [0.717, 1.165) is 11.1 Å². The molecular weight excluding hydrogens is 192 g/mol. The standard InChI is InChI=1S/C11H12N2O2/c1-6-3-7(2)10-8(4-6)13-9(14)5-12-11(10)15/h3-4H,5H2,1-2H3,(H,12,15)(H,13,14). The van der Waals surface area contributed by atoms with E-state index in [1.165, 1.54) is 0 Å². The van der Waals surface area contributed by atoms with Crippen molar-refractivity contribution < 1.29 is 9.59 Å². The van der Waals surface area contributed by atoms with Crippen LogP contribution in [0.15, 0.2) is 12.1 Å². The average molecular weight is 204 g/mol. The van der Waals surface area contributed by atoms with Gasteiger partial charge in [-0.1, -0.05) is 6.07 Å². The van der Waals surface area contributed by atoms with E-state index in [9.17, 15) is 9.59 Å². The predicted molar refractivity (Wildman–Crippen MR) is 56.9 cm³/mol. The van der Waals surface area contributed by atoms with Crippen LogP contribution < -0.4 is 10.6 Å². The minimum absolute atomic E-state index is 0.0337. The summed E-state index contributed by atoms with van der Waals surface area (Å²) in [7, 11) is 0. The molecule has 15 heavy (non-hydrogen) atoms. The number of nitrogens with one attached hydrogen (secondary N) is 2. The first-order valence-corrected chi connectivity index (χ1v) is 4.77. The third kappa shape index (κ3) is 1.70. The highest BCUT2D eigenvalue weighted by molar-refractivity contribution is 6.09. The van der Waals surface area contributed by atoms with Crippen molar-refractivity contribution in [2.45, 2.75) is 13.8 Å². The number of hydrogen-bond donors (Lipinski definition) is 2. The Balaban J connectivity index is 2.61. The first-order valence-electron chi connectivity index (χ1n) is 4.77. The monoisotopic (exact) mass is 204 g/mol. The van der Waals surface area contributed by atoms with Crippen molar-refractivity contribution in [1.29, 1.82) is 0 Å². The van der Waals surface area contributed by atoms with Gasteiger partial charge < -0.3 is 10.6 Å². The van der Waals surface area contributed by atoms with Crippen molar-refractivity contribution in [3.05, 3.63) is 28.8 Å². The SMILES string of the molecule is Cc1cc(C)c2c(c1)NC(=O)CNC2=O. The van der Waals surface area contributed by atoms with E-state index in [1.54, 1.807) is 0 Å². The Morgan fingerprint density at radius 2 is 1.93 bits per heavy atom. The highest BCUT2D eigenvalue weighted by Crippen LogP contribution is 2.23. The Morgan fingerprint density at radius 1 is 1.20 bits per heavy atom. The lowest BCUT2D eigenvalue weighted by Crippen LogP contribution is -2.28. The van der Waals surface area contributed by atoms with Crippen LogP contribution >= 0.6 is 0 Å². The van der Waals surface area contributed by atoms with Gasteiger partial charge in [0.05, 0.1) is 17.8 Å². The molecule has 0 aliphatic carbocycles. The maximum Gasteiger partial charge on any atom is 0.254 e. The first kappa shape index (κ1) is 9.71. The summed E-state index contributed by atoms with van der Waals surface area (Å²) in [6.45, 7) is 3.83. The van der Waals surface area contributed by atoms with Crippen LogP contribution in [0.1, 0.15) is 21.5 Å². The number of amides is 2. The fourth-order valence-electron chi connectivity index (χ4n) is 1.81. The zero-order chi connectivity index (χ0) is 11.0. The van der Waals surface area contributed by atoms with Crippen LogP contribution in [0.25, 0.3) is 0 Å². The normalized spacial score (nSPS) is 15.1. The van der Waals surface area contributed by atoms with E-state index in [4.69, 9.17) is 0 Å². The minimum atomic E-state index is -0.194. The summed E-state index contributed by atoms with van der Waals surface area (Å²) in [5, 5.41) is 5.27. The molecular formula is C11H12N2O2. The van der Waals surface area contributed by atoms with Gasteiger partial charge in [-0.3, -0.25) is 9.59 Å². The summed E-state index contributed by atoms with van der Waals surface area (Å²) >= 11 is 0. The molecule has 0 saturated carbocycles. The first-order chi connectivity index (χ1) is 7.08. The number of anilines is 1. The van der Waals surface area contributed by atoms with Crippen molar-refractivity contribution in [1.82, 2.24) is 5.32 Å². The molecule has 0 bridgehead atoms. The summed E-state index contributed by atoms with van der Waals surface area (Å²) in [5.74, 6) is -0.382. The maximum atomic E-state index is 11.7. The molecule has 1 aliphatic rings. The number of hydrogen-bond acceptors (Lipinski definition) is 2. The molecule has 4 nitrogen and oxygen atoms in total. The zero-order valence-corrected chi connectivity index (χ0v) is 8.68. The molecule has 4 heteroatoms. The average Bonchev–Trinajstić information content (AvgIpc) is 2.25. The quantitative estimate of drug-likeness (QED) is 0.662. The summed E-state index contributed by atoms with van der Waals surface area (Å²) in [5.41, 5.74) is 3.07. The number of rotatable bonds is 0. The highest BCUT2D eigenvalue weighted by Gasteiger charge is 2.20. The second kappa shape index (κ2) is 3.38. The van der Waals surface area contributed by atoms with Crippen LogP contribution in [-0.2, 0) is 4.79 Å².